The Hall–Kier alpha value is -3.42. The van der Waals surface area contributed by atoms with Gasteiger partial charge in [0.15, 0.2) is 11.5 Å². The summed E-state index contributed by atoms with van der Waals surface area (Å²) in [5, 5.41) is 10.0. The number of nitrogens with zero attached hydrogens (tertiary/aromatic N) is 1. The maximum Gasteiger partial charge on any atom is 0.323 e. The second-order valence-electron chi connectivity index (χ2n) is 5.31. The van der Waals surface area contributed by atoms with Crippen LogP contribution in [-0.2, 0) is 0 Å². The van der Waals surface area contributed by atoms with Crippen molar-refractivity contribution in [2.24, 2.45) is 0 Å². The minimum atomic E-state index is -0.258. The molecule has 2 heterocycles. The molecule has 0 fully saturated rings. The Labute approximate surface area is 135 Å². The van der Waals surface area contributed by atoms with Crippen LogP contribution in [0.5, 0.6) is 17.2 Å². The van der Waals surface area contributed by atoms with Gasteiger partial charge in [-0.05, 0) is 24.3 Å². The van der Waals surface area contributed by atoms with Gasteiger partial charge in [-0.3, -0.25) is 0 Å². The van der Waals surface area contributed by atoms with Gasteiger partial charge in [0.1, 0.15) is 5.82 Å². The Morgan fingerprint density at radius 1 is 0.917 bits per heavy atom. The van der Waals surface area contributed by atoms with E-state index in [4.69, 9.17) is 9.47 Å². The highest BCUT2D eigenvalue weighted by molar-refractivity contribution is 5.92. The van der Waals surface area contributed by atoms with Crippen molar-refractivity contribution < 1.29 is 14.6 Å². The van der Waals surface area contributed by atoms with Gasteiger partial charge in [0.2, 0.25) is 5.75 Å². The summed E-state index contributed by atoms with van der Waals surface area (Å²) in [5.74, 6) is 1.12. The highest BCUT2D eigenvalue weighted by atomic mass is 16.5. The summed E-state index contributed by atoms with van der Waals surface area (Å²) in [7, 11) is 2.94. The number of H-pyrrole nitrogens is 3. The molecule has 0 amide bonds. The van der Waals surface area contributed by atoms with Crippen LogP contribution in [0.25, 0.3) is 33.5 Å². The third-order valence-corrected chi connectivity index (χ3v) is 3.87. The van der Waals surface area contributed by atoms with Gasteiger partial charge in [0.25, 0.3) is 0 Å². The summed E-state index contributed by atoms with van der Waals surface area (Å²) >= 11 is 0. The van der Waals surface area contributed by atoms with Gasteiger partial charge in [0, 0.05) is 5.56 Å². The molecule has 4 aromatic rings. The fourth-order valence-corrected chi connectivity index (χ4v) is 2.71. The molecule has 0 unspecified atom stereocenters. The Bertz CT molecular complexity index is 1040. The molecular weight excluding hydrogens is 312 g/mol. The molecule has 8 heteroatoms. The van der Waals surface area contributed by atoms with Gasteiger partial charge in [-0.15, -0.1) is 0 Å². The molecule has 8 nitrogen and oxygen atoms in total. The lowest BCUT2D eigenvalue weighted by atomic mass is 10.1. The first kappa shape index (κ1) is 14.2. The molecule has 0 atom stereocenters. The number of phenols is 1. The molecule has 4 rings (SSSR count). The number of benzene rings is 2. The molecule has 4 N–H and O–H groups in total. The minimum Gasteiger partial charge on any atom is -0.502 e. The van der Waals surface area contributed by atoms with E-state index in [0.717, 1.165) is 5.52 Å². The van der Waals surface area contributed by atoms with Gasteiger partial charge >= 0.3 is 5.69 Å². The van der Waals surface area contributed by atoms with Gasteiger partial charge < -0.3 is 29.5 Å². The summed E-state index contributed by atoms with van der Waals surface area (Å²) in [6, 6.07) is 6.94. The van der Waals surface area contributed by atoms with E-state index in [1.54, 1.807) is 18.2 Å². The number of aromatic amines is 3. The normalized spacial score (nSPS) is 11.2. The maximum atomic E-state index is 11.4. The standard InChI is InChI=1S/C16H14N4O4/c1-23-12-3-7(4-13(24-2)14(12)21)15-17-8-5-10-11(6-9(8)18-15)20-16(22)19-10/h3-6,21H,1-2H3,(H,17,18)(H2,19,20,22). The third kappa shape index (κ3) is 2.08. The van der Waals surface area contributed by atoms with E-state index in [1.165, 1.54) is 14.2 Å². The first-order chi connectivity index (χ1) is 11.6. The number of ether oxygens (including phenoxy) is 2. The fourth-order valence-electron chi connectivity index (χ4n) is 2.71. The van der Waals surface area contributed by atoms with Gasteiger partial charge in [-0.1, -0.05) is 0 Å². The van der Waals surface area contributed by atoms with Crippen molar-refractivity contribution in [2.45, 2.75) is 0 Å². The number of nitrogens with one attached hydrogen (secondary N) is 3. The smallest absolute Gasteiger partial charge is 0.323 e. The summed E-state index contributed by atoms with van der Waals surface area (Å²) in [6.07, 6.45) is 0. The zero-order valence-electron chi connectivity index (χ0n) is 12.9. The number of methoxy groups -OCH3 is 2. The summed E-state index contributed by atoms with van der Waals surface area (Å²) < 4.78 is 10.3. The van der Waals surface area contributed by atoms with Crippen molar-refractivity contribution in [3.05, 3.63) is 34.7 Å². The zero-order chi connectivity index (χ0) is 16.8. The van der Waals surface area contributed by atoms with E-state index in [-0.39, 0.29) is 11.4 Å². The largest absolute Gasteiger partial charge is 0.502 e. The number of fused-ring (bicyclic) bond motifs is 2. The van der Waals surface area contributed by atoms with E-state index < -0.39 is 0 Å². The molecule has 0 spiro atoms. The monoisotopic (exact) mass is 326 g/mol. The van der Waals surface area contributed by atoms with Crippen LogP contribution in [0.4, 0.5) is 0 Å². The first-order valence-corrected chi connectivity index (χ1v) is 7.16. The quantitative estimate of drug-likeness (QED) is 0.460. The Morgan fingerprint density at radius 2 is 1.54 bits per heavy atom. The van der Waals surface area contributed by atoms with Crippen LogP contribution >= 0.6 is 0 Å². The van der Waals surface area contributed by atoms with Crippen LogP contribution in [0, 0.1) is 0 Å². The molecule has 2 aromatic carbocycles. The molecule has 24 heavy (non-hydrogen) atoms. The van der Waals surface area contributed by atoms with Crippen LogP contribution in [0.3, 0.4) is 0 Å². The second-order valence-corrected chi connectivity index (χ2v) is 5.31. The average molecular weight is 326 g/mol. The molecule has 0 aliphatic carbocycles. The summed E-state index contributed by atoms with van der Waals surface area (Å²) in [4.78, 5) is 24.5. The van der Waals surface area contributed by atoms with Crippen molar-refractivity contribution in [3.8, 4) is 28.6 Å². The third-order valence-electron chi connectivity index (χ3n) is 3.87. The van der Waals surface area contributed by atoms with E-state index >= 15 is 0 Å². The van der Waals surface area contributed by atoms with E-state index in [1.807, 2.05) is 6.07 Å². The number of hydrogen-bond donors (Lipinski definition) is 4. The number of imidazole rings is 2. The topological polar surface area (TPSA) is 116 Å². The number of aromatic nitrogens is 4. The molecule has 122 valence electrons. The summed E-state index contributed by atoms with van der Waals surface area (Å²) in [5.41, 5.74) is 3.31. The predicted octanol–water partition coefficient (Wildman–Crippen LogP) is 2.12. The molecular formula is C16H14N4O4. The predicted molar refractivity (Wildman–Crippen MR) is 88.8 cm³/mol. The van der Waals surface area contributed by atoms with Crippen molar-refractivity contribution in [1.82, 2.24) is 19.9 Å². The summed E-state index contributed by atoms with van der Waals surface area (Å²) in [6.45, 7) is 0. The van der Waals surface area contributed by atoms with Crippen molar-refractivity contribution in [3.63, 3.8) is 0 Å². The van der Waals surface area contributed by atoms with Crippen molar-refractivity contribution >= 4 is 22.1 Å². The lowest BCUT2D eigenvalue weighted by molar-refractivity contribution is 0.340. The molecule has 0 aliphatic rings. The fraction of sp³-hybridized carbons (Fsp3) is 0.125. The van der Waals surface area contributed by atoms with E-state index in [9.17, 15) is 9.90 Å². The Kier molecular flexibility index (Phi) is 2.99. The Morgan fingerprint density at radius 3 is 2.17 bits per heavy atom. The highest BCUT2D eigenvalue weighted by Gasteiger charge is 2.15. The van der Waals surface area contributed by atoms with E-state index in [0.29, 0.717) is 39.4 Å². The molecule has 0 saturated heterocycles. The van der Waals surface area contributed by atoms with Crippen LogP contribution in [0.1, 0.15) is 0 Å². The number of aromatic hydroxyl groups is 1. The lowest BCUT2D eigenvalue weighted by Crippen LogP contribution is -1.99. The van der Waals surface area contributed by atoms with Crippen molar-refractivity contribution in [2.75, 3.05) is 14.2 Å². The lowest BCUT2D eigenvalue weighted by Gasteiger charge is -2.09. The first-order valence-electron chi connectivity index (χ1n) is 7.16. The zero-order valence-corrected chi connectivity index (χ0v) is 12.9. The SMILES string of the molecule is COc1cc(-c2nc3cc4[nH]c(=O)[nH]c4cc3[nH]2)cc(OC)c1O. The Balaban J connectivity index is 1.91. The van der Waals surface area contributed by atoms with Gasteiger partial charge in [-0.2, -0.15) is 0 Å². The van der Waals surface area contributed by atoms with E-state index in [2.05, 4.69) is 19.9 Å². The van der Waals surface area contributed by atoms with Crippen molar-refractivity contribution in [1.29, 1.82) is 0 Å². The molecule has 0 radical (unpaired) electrons. The minimum absolute atomic E-state index is 0.0641. The number of hydrogen-bond acceptors (Lipinski definition) is 5. The molecule has 0 saturated carbocycles. The van der Waals surface area contributed by atoms with Crippen LogP contribution in [0.2, 0.25) is 0 Å². The van der Waals surface area contributed by atoms with Crippen LogP contribution < -0.4 is 15.2 Å². The molecule has 0 aliphatic heterocycles. The second kappa shape index (κ2) is 5.05. The molecule has 0 bridgehead atoms. The molecule has 2 aromatic heterocycles. The highest BCUT2D eigenvalue weighted by Crippen LogP contribution is 2.40. The van der Waals surface area contributed by atoms with Crippen LogP contribution in [0.15, 0.2) is 29.1 Å². The number of phenolic OH excluding ortho intramolecular Hbond substituents is 1. The number of rotatable bonds is 3. The average Bonchev–Trinajstić information content (AvgIpc) is 3.13. The maximum absolute atomic E-state index is 11.4. The van der Waals surface area contributed by atoms with Crippen LogP contribution in [-0.4, -0.2) is 39.3 Å². The van der Waals surface area contributed by atoms with Gasteiger partial charge in [0.05, 0.1) is 36.3 Å². The van der Waals surface area contributed by atoms with Gasteiger partial charge in [-0.25, -0.2) is 9.78 Å².